The molecule has 7 rings (SSSR count). The third-order valence-electron chi connectivity index (χ3n) is 7.59. The normalized spacial score (nSPS) is 13.7. The molecule has 1 aliphatic rings. The monoisotopic (exact) mass is 432 g/mol. The van der Waals surface area contributed by atoms with Gasteiger partial charge in [0, 0.05) is 0 Å². The summed E-state index contributed by atoms with van der Waals surface area (Å²) in [4.78, 5) is 0. The highest BCUT2D eigenvalue weighted by Gasteiger charge is 2.47. The van der Waals surface area contributed by atoms with Gasteiger partial charge in [0.1, 0.15) is 0 Å². The zero-order chi connectivity index (χ0) is 22.7. The van der Waals surface area contributed by atoms with E-state index in [4.69, 9.17) is 0 Å². The molecular formula is C34H24. The van der Waals surface area contributed by atoms with Crippen molar-refractivity contribution in [3.63, 3.8) is 0 Å². The van der Waals surface area contributed by atoms with Crippen LogP contribution in [0.25, 0.3) is 32.7 Å². The Labute approximate surface area is 200 Å². The fourth-order valence-corrected chi connectivity index (χ4v) is 6.22. The maximum Gasteiger partial charge on any atom is 0.0725 e. The van der Waals surface area contributed by atoms with Crippen LogP contribution in [0.3, 0.4) is 0 Å². The average Bonchev–Trinajstić information content (AvgIpc) is 3.18. The number of aryl methyl sites for hydroxylation is 1. The Morgan fingerprint density at radius 3 is 1.59 bits per heavy atom. The van der Waals surface area contributed by atoms with Gasteiger partial charge in [0.15, 0.2) is 0 Å². The van der Waals surface area contributed by atoms with Gasteiger partial charge in [-0.25, -0.2) is 0 Å². The van der Waals surface area contributed by atoms with Crippen molar-refractivity contribution in [2.45, 2.75) is 12.3 Å². The Hall–Kier alpha value is -4.16. The zero-order valence-electron chi connectivity index (χ0n) is 19.1. The van der Waals surface area contributed by atoms with E-state index >= 15 is 0 Å². The van der Waals surface area contributed by atoms with E-state index in [1.165, 1.54) is 60.5 Å². The van der Waals surface area contributed by atoms with Crippen LogP contribution < -0.4 is 0 Å². The van der Waals surface area contributed by atoms with Gasteiger partial charge in [-0.15, -0.1) is 0 Å². The molecule has 0 saturated carbocycles. The van der Waals surface area contributed by atoms with Crippen molar-refractivity contribution in [1.29, 1.82) is 0 Å². The van der Waals surface area contributed by atoms with E-state index in [2.05, 4.69) is 134 Å². The van der Waals surface area contributed by atoms with E-state index in [9.17, 15) is 0 Å². The molecule has 0 atom stereocenters. The first-order chi connectivity index (χ1) is 16.8. The lowest BCUT2D eigenvalue weighted by atomic mass is 9.65. The Balaban J connectivity index is 1.76. The van der Waals surface area contributed by atoms with E-state index in [0.29, 0.717) is 0 Å². The van der Waals surface area contributed by atoms with Crippen molar-refractivity contribution in [2.24, 2.45) is 0 Å². The van der Waals surface area contributed by atoms with Gasteiger partial charge in [0.2, 0.25) is 0 Å². The Bertz CT molecular complexity index is 1630. The highest BCUT2D eigenvalue weighted by molar-refractivity contribution is 5.98. The molecule has 0 N–H and O–H groups in total. The Kier molecular flexibility index (Phi) is 4.07. The number of hydrogen-bond acceptors (Lipinski definition) is 0. The molecule has 0 saturated heterocycles. The first-order valence-corrected chi connectivity index (χ1v) is 12.0. The molecule has 0 bridgehead atoms. The molecule has 1 aliphatic carbocycles. The molecule has 6 aromatic rings. The van der Waals surface area contributed by atoms with Crippen molar-refractivity contribution in [1.82, 2.24) is 0 Å². The smallest absolute Gasteiger partial charge is 0.0619 e. The predicted molar refractivity (Wildman–Crippen MR) is 143 cm³/mol. The molecule has 160 valence electrons. The highest BCUT2D eigenvalue weighted by Crippen LogP contribution is 2.58. The largest absolute Gasteiger partial charge is 0.0725 e. The maximum absolute atomic E-state index is 2.42. The van der Waals surface area contributed by atoms with Crippen LogP contribution in [0.1, 0.15) is 27.8 Å². The predicted octanol–water partition coefficient (Wildman–Crippen LogP) is 8.66. The van der Waals surface area contributed by atoms with Gasteiger partial charge in [-0.1, -0.05) is 133 Å². The standard InChI is InChI=1S/C34H24/c1-23-20-21-29-28-16-6-7-17-32(28)34(33(29)22-23,30-18-8-12-24-10-2-4-14-26(24)30)31-19-9-13-25-11-3-5-15-27(25)31/h2-22H,1H3. The van der Waals surface area contributed by atoms with Gasteiger partial charge in [-0.3, -0.25) is 0 Å². The average molecular weight is 433 g/mol. The molecule has 0 spiro atoms. The second kappa shape index (κ2) is 7.17. The molecular weight excluding hydrogens is 408 g/mol. The molecule has 34 heavy (non-hydrogen) atoms. The summed E-state index contributed by atoms with van der Waals surface area (Å²) in [7, 11) is 0. The maximum atomic E-state index is 2.42. The summed E-state index contributed by atoms with van der Waals surface area (Å²) >= 11 is 0. The highest BCUT2D eigenvalue weighted by atomic mass is 14.5. The number of rotatable bonds is 2. The van der Waals surface area contributed by atoms with Crippen molar-refractivity contribution in [3.8, 4) is 11.1 Å². The SMILES string of the molecule is Cc1ccc2c(c1)C(c1cccc3ccccc13)(c1cccc3ccccc13)c1ccccc1-2. The summed E-state index contributed by atoms with van der Waals surface area (Å²) in [5.41, 5.74) is 8.98. The third kappa shape index (κ3) is 2.48. The van der Waals surface area contributed by atoms with Crippen LogP contribution in [-0.4, -0.2) is 0 Å². The van der Waals surface area contributed by atoms with Gasteiger partial charge < -0.3 is 0 Å². The first kappa shape index (κ1) is 19.3. The van der Waals surface area contributed by atoms with Crippen LogP contribution in [0.15, 0.2) is 127 Å². The lowest BCUT2D eigenvalue weighted by Gasteiger charge is -2.36. The summed E-state index contributed by atoms with van der Waals surface area (Å²) in [5, 5.41) is 5.17. The molecule has 0 unspecified atom stereocenters. The van der Waals surface area contributed by atoms with E-state index in [-0.39, 0.29) is 0 Å². The number of hydrogen-bond donors (Lipinski definition) is 0. The minimum atomic E-state index is -0.403. The van der Waals surface area contributed by atoms with Crippen LogP contribution in [0.4, 0.5) is 0 Å². The summed E-state index contributed by atoms with van der Waals surface area (Å²) in [6.45, 7) is 2.21. The second-order valence-corrected chi connectivity index (χ2v) is 9.40. The van der Waals surface area contributed by atoms with E-state index in [1.807, 2.05) is 0 Å². The quantitative estimate of drug-likeness (QED) is 0.256. The number of benzene rings is 6. The fraction of sp³-hybridized carbons (Fsp3) is 0.0588. The molecule has 0 nitrogen and oxygen atoms in total. The van der Waals surface area contributed by atoms with Crippen LogP contribution in [0, 0.1) is 6.92 Å². The zero-order valence-corrected chi connectivity index (χ0v) is 19.1. The van der Waals surface area contributed by atoms with E-state index in [1.54, 1.807) is 0 Å². The molecule has 0 fully saturated rings. The van der Waals surface area contributed by atoms with Gasteiger partial charge in [0.25, 0.3) is 0 Å². The van der Waals surface area contributed by atoms with Crippen molar-refractivity contribution < 1.29 is 0 Å². The molecule has 0 amide bonds. The minimum Gasteiger partial charge on any atom is -0.0619 e. The van der Waals surface area contributed by atoms with Crippen LogP contribution in [0.5, 0.6) is 0 Å². The van der Waals surface area contributed by atoms with Crippen LogP contribution in [0.2, 0.25) is 0 Å². The van der Waals surface area contributed by atoms with Gasteiger partial charge >= 0.3 is 0 Å². The van der Waals surface area contributed by atoms with Crippen molar-refractivity contribution >= 4 is 21.5 Å². The molecule has 0 heteroatoms. The summed E-state index contributed by atoms with van der Waals surface area (Å²) < 4.78 is 0. The Morgan fingerprint density at radius 2 is 0.912 bits per heavy atom. The number of fused-ring (bicyclic) bond motifs is 5. The fourth-order valence-electron chi connectivity index (χ4n) is 6.22. The Morgan fingerprint density at radius 1 is 0.412 bits per heavy atom. The van der Waals surface area contributed by atoms with Crippen LogP contribution in [-0.2, 0) is 5.41 Å². The van der Waals surface area contributed by atoms with E-state index < -0.39 is 5.41 Å². The van der Waals surface area contributed by atoms with Crippen molar-refractivity contribution in [2.75, 3.05) is 0 Å². The molecule has 6 aromatic carbocycles. The molecule has 0 heterocycles. The van der Waals surface area contributed by atoms with Gasteiger partial charge in [-0.05, 0) is 61.8 Å². The summed E-state index contributed by atoms with van der Waals surface area (Å²) in [6.07, 6.45) is 0. The second-order valence-electron chi connectivity index (χ2n) is 9.40. The first-order valence-electron chi connectivity index (χ1n) is 12.0. The van der Waals surface area contributed by atoms with Gasteiger partial charge in [0.05, 0.1) is 5.41 Å². The minimum absolute atomic E-state index is 0.403. The molecule has 0 radical (unpaired) electrons. The lowest BCUT2D eigenvalue weighted by Crippen LogP contribution is -2.29. The van der Waals surface area contributed by atoms with Crippen molar-refractivity contribution in [3.05, 3.63) is 155 Å². The summed E-state index contributed by atoms with van der Waals surface area (Å²) in [6, 6.07) is 47.2. The lowest BCUT2D eigenvalue weighted by molar-refractivity contribution is 0.783. The van der Waals surface area contributed by atoms with Gasteiger partial charge in [-0.2, -0.15) is 0 Å². The molecule has 0 aromatic heterocycles. The van der Waals surface area contributed by atoms with E-state index in [0.717, 1.165) is 0 Å². The topological polar surface area (TPSA) is 0 Å². The van der Waals surface area contributed by atoms with Crippen LogP contribution >= 0.6 is 0 Å². The third-order valence-corrected chi connectivity index (χ3v) is 7.59. The molecule has 0 aliphatic heterocycles. The summed E-state index contributed by atoms with van der Waals surface area (Å²) in [5.74, 6) is 0.